The predicted molar refractivity (Wildman–Crippen MR) is 130 cm³/mol. The first kappa shape index (κ1) is 22.9. The third kappa shape index (κ3) is 5.76. The fourth-order valence-corrected chi connectivity index (χ4v) is 4.12. The fourth-order valence-electron chi connectivity index (χ4n) is 3.31. The van der Waals surface area contributed by atoms with Crippen LogP contribution < -0.4 is 21.5 Å². The molecule has 172 valence electrons. The quantitative estimate of drug-likeness (QED) is 0.422. The van der Waals surface area contributed by atoms with Crippen LogP contribution in [0.2, 0.25) is 0 Å². The average Bonchev–Trinajstić information content (AvgIpc) is 2.76. The van der Waals surface area contributed by atoms with Crippen molar-refractivity contribution in [2.75, 3.05) is 28.0 Å². The summed E-state index contributed by atoms with van der Waals surface area (Å²) in [5.74, 6) is 0.558. The van der Waals surface area contributed by atoms with Crippen molar-refractivity contribution in [3.63, 3.8) is 0 Å². The van der Waals surface area contributed by atoms with Crippen molar-refractivity contribution < 1.29 is 13.2 Å². The van der Waals surface area contributed by atoms with Crippen LogP contribution in [0.4, 0.5) is 28.8 Å². The van der Waals surface area contributed by atoms with Crippen molar-refractivity contribution in [1.29, 1.82) is 0 Å². The smallest absolute Gasteiger partial charge is 0.274 e. The summed E-state index contributed by atoms with van der Waals surface area (Å²) in [4.78, 5) is 33.0. The minimum Gasteiger partial charge on any atom is -0.335 e. The van der Waals surface area contributed by atoms with Crippen LogP contribution >= 0.6 is 15.9 Å². The molecule has 0 radical (unpaired) electrons. The molecule has 3 N–H and O–H groups in total. The number of benzene rings is 1. The first-order chi connectivity index (χ1) is 15.7. The van der Waals surface area contributed by atoms with Gasteiger partial charge in [-0.05, 0) is 58.2 Å². The van der Waals surface area contributed by atoms with E-state index in [-0.39, 0.29) is 29.5 Å². The summed E-state index contributed by atoms with van der Waals surface area (Å²) in [5.41, 5.74) is 2.47. The van der Waals surface area contributed by atoms with Crippen molar-refractivity contribution >= 4 is 60.5 Å². The Hall–Kier alpha value is -3.25. The van der Waals surface area contributed by atoms with Gasteiger partial charge in [-0.3, -0.25) is 9.59 Å². The van der Waals surface area contributed by atoms with E-state index in [1.807, 2.05) is 18.2 Å². The molecule has 0 unspecified atom stereocenters. The number of pyridine rings is 1. The lowest BCUT2D eigenvalue weighted by Crippen LogP contribution is -2.25. The number of fused-ring (bicyclic) bond motifs is 1. The molecule has 1 aliphatic heterocycles. The molecule has 0 fully saturated rings. The molecule has 3 aromatic rings. The lowest BCUT2D eigenvalue weighted by Gasteiger charge is -2.18. The standard InChI is InChI=1S/C21H21BrN6O4S/c1-33(31,32)10-9-28-8-2-3-17(20(28)30)26-19-15(22)12-23-21(27-19)24-14-5-6-16-13(11-14)4-7-18(29)25-16/h2-3,5-6,8,11-12H,4,7,9-10H2,1H3,(H,25,29)(H2,23,24,26,27). The van der Waals surface area contributed by atoms with Crippen LogP contribution in [0.25, 0.3) is 0 Å². The number of amides is 1. The first-order valence-electron chi connectivity index (χ1n) is 10.0. The van der Waals surface area contributed by atoms with Gasteiger partial charge in [-0.25, -0.2) is 13.4 Å². The van der Waals surface area contributed by atoms with Crippen molar-refractivity contribution in [2.24, 2.45) is 0 Å². The number of aryl methyl sites for hydroxylation is 2. The van der Waals surface area contributed by atoms with E-state index in [1.54, 1.807) is 24.5 Å². The molecule has 4 rings (SSSR count). The Morgan fingerprint density at radius 2 is 2.00 bits per heavy atom. The van der Waals surface area contributed by atoms with Crippen LogP contribution in [0.1, 0.15) is 12.0 Å². The molecule has 10 nitrogen and oxygen atoms in total. The maximum absolute atomic E-state index is 12.7. The van der Waals surface area contributed by atoms with E-state index in [0.29, 0.717) is 29.1 Å². The van der Waals surface area contributed by atoms with Gasteiger partial charge in [0, 0.05) is 43.0 Å². The third-order valence-corrected chi connectivity index (χ3v) is 6.48. The molecule has 0 bridgehead atoms. The highest BCUT2D eigenvalue weighted by Crippen LogP contribution is 2.28. The molecule has 0 aliphatic carbocycles. The molecule has 3 heterocycles. The minimum atomic E-state index is -3.20. The molecule has 1 amide bonds. The normalized spacial score (nSPS) is 13.2. The van der Waals surface area contributed by atoms with Gasteiger partial charge in [-0.2, -0.15) is 4.98 Å². The van der Waals surface area contributed by atoms with Gasteiger partial charge in [0.15, 0.2) is 5.82 Å². The minimum absolute atomic E-state index is 0.00598. The summed E-state index contributed by atoms with van der Waals surface area (Å²) in [6.45, 7) is 0.0592. The van der Waals surface area contributed by atoms with E-state index < -0.39 is 9.84 Å². The molecule has 0 atom stereocenters. The second kappa shape index (κ2) is 9.32. The second-order valence-corrected chi connectivity index (χ2v) is 10.7. The molecule has 1 aliphatic rings. The number of aromatic nitrogens is 3. The number of carbonyl (C=O) groups excluding carboxylic acids is 1. The van der Waals surface area contributed by atoms with E-state index in [2.05, 4.69) is 41.8 Å². The fraction of sp³-hybridized carbons (Fsp3) is 0.238. The van der Waals surface area contributed by atoms with Crippen LogP contribution in [0, 0.1) is 0 Å². The van der Waals surface area contributed by atoms with Crippen LogP contribution in [0.15, 0.2) is 52.0 Å². The van der Waals surface area contributed by atoms with Crippen molar-refractivity contribution in [3.8, 4) is 0 Å². The highest BCUT2D eigenvalue weighted by Gasteiger charge is 2.15. The number of nitrogens with zero attached hydrogens (tertiary/aromatic N) is 3. The zero-order valence-electron chi connectivity index (χ0n) is 17.6. The maximum Gasteiger partial charge on any atom is 0.274 e. The number of anilines is 5. The maximum atomic E-state index is 12.7. The van der Waals surface area contributed by atoms with Crippen LogP contribution in [-0.2, 0) is 27.6 Å². The Bertz CT molecular complexity index is 1390. The monoisotopic (exact) mass is 532 g/mol. The Morgan fingerprint density at radius 3 is 2.79 bits per heavy atom. The zero-order chi connectivity index (χ0) is 23.6. The van der Waals surface area contributed by atoms with Gasteiger partial charge in [-0.1, -0.05) is 0 Å². The van der Waals surface area contributed by atoms with E-state index in [9.17, 15) is 18.0 Å². The Kier molecular flexibility index (Phi) is 6.47. The second-order valence-electron chi connectivity index (χ2n) is 7.61. The number of hydrogen-bond donors (Lipinski definition) is 3. The van der Waals surface area contributed by atoms with E-state index in [1.165, 1.54) is 4.57 Å². The van der Waals surface area contributed by atoms with E-state index in [0.717, 1.165) is 23.2 Å². The average molecular weight is 533 g/mol. The largest absolute Gasteiger partial charge is 0.335 e. The first-order valence-corrected chi connectivity index (χ1v) is 12.9. The summed E-state index contributed by atoms with van der Waals surface area (Å²) in [6.07, 6.45) is 5.33. The lowest BCUT2D eigenvalue weighted by atomic mass is 10.0. The molecule has 33 heavy (non-hydrogen) atoms. The molecule has 0 saturated heterocycles. The van der Waals surface area contributed by atoms with Crippen molar-refractivity contribution in [3.05, 3.63) is 63.1 Å². The number of nitrogens with one attached hydrogen (secondary N) is 3. The van der Waals surface area contributed by atoms with E-state index in [4.69, 9.17) is 0 Å². The van der Waals surface area contributed by atoms with E-state index >= 15 is 0 Å². The van der Waals surface area contributed by atoms with Gasteiger partial charge in [-0.15, -0.1) is 0 Å². The molecule has 0 saturated carbocycles. The zero-order valence-corrected chi connectivity index (χ0v) is 20.0. The number of carbonyl (C=O) groups is 1. The van der Waals surface area contributed by atoms with Crippen LogP contribution in [0.3, 0.4) is 0 Å². The van der Waals surface area contributed by atoms with Crippen LogP contribution in [-0.4, -0.2) is 40.9 Å². The predicted octanol–water partition coefficient (Wildman–Crippen LogP) is 2.82. The Balaban J connectivity index is 1.54. The van der Waals surface area contributed by atoms with Gasteiger partial charge < -0.3 is 20.5 Å². The number of hydrogen-bond acceptors (Lipinski definition) is 8. The molecular formula is C21H21BrN6O4S. The van der Waals surface area contributed by atoms with Gasteiger partial charge >= 0.3 is 0 Å². The number of halogens is 1. The highest BCUT2D eigenvalue weighted by molar-refractivity contribution is 9.10. The summed E-state index contributed by atoms with van der Waals surface area (Å²) in [6, 6.07) is 8.84. The topological polar surface area (TPSA) is 135 Å². The summed E-state index contributed by atoms with van der Waals surface area (Å²) in [5, 5.41) is 8.97. The molecule has 0 spiro atoms. The van der Waals surface area contributed by atoms with Crippen molar-refractivity contribution in [1.82, 2.24) is 14.5 Å². The highest BCUT2D eigenvalue weighted by atomic mass is 79.9. The number of rotatable bonds is 7. The van der Waals surface area contributed by atoms with Gasteiger partial charge in [0.05, 0.1) is 10.2 Å². The number of sulfone groups is 1. The Labute approximate surface area is 198 Å². The molecular weight excluding hydrogens is 512 g/mol. The van der Waals surface area contributed by atoms with Crippen molar-refractivity contribution in [2.45, 2.75) is 19.4 Å². The molecule has 12 heteroatoms. The lowest BCUT2D eigenvalue weighted by molar-refractivity contribution is -0.116. The van der Waals surface area contributed by atoms with Crippen LogP contribution in [0.5, 0.6) is 0 Å². The summed E-state index contributed by atoms with van der Waals surface area (Å²) in [7, 11) is -3.20. The van der Waals surface area contributed by atoms with Gasteiger partial charge in [0.2, 0.25) is 11.9 Å². The third-order valence-electron chi connectivity index (χ3n) is 4.98. The Morgan fingerprint density at radius 1 is 1.18 bits per heavy atom. The summed E-state index contributed by atoms with van der Waals surface area (Å²) < 4.78 is 24.8. The van der Waals surface area contributed by atoms with Gasteiger partial charge in [0.25, 0.3) is 5.56 Å². The molecule has 2 aromatic heterocycles. The molecule has 1 aromatic carbocycles. The van der Waals surface area contributed by atoms with Gasteiger partial charge in [0.1, 0.15) is 15.5 Å². The SMILES string of the molecule is CS(=O)(=O)CCn1cccc(Nc2nc(Nc3ccc4c(c3)CCC(=O)N4)ncc2Br)c1=O. The summed E-state index contributed by atoms with van der Waals surface area (Å²) >= 11 is 3.38.